The molecule has 0 saturated heterocycles. The van der Waals surface area contributed by atoms with Crippen LogP contribution < -0.4 is 10.6 Å². The molecular formula is C22H36N2O2. The number of nitrogens with one attached hydrogen (secondary N) is 2. The zero-order chi connectivity index (χ0) is 19.5. The highest BCUT2D eigenvalue weighted by molar-refractivity contribution is 5.91. The molecule has 1 rings (SSSR count). The van der Waals surface area contributed by atoms with E-state index in [0.717, 1.165) is 31.4 Å². The summed E-state index contributed by atoms with van der Waals surface area (Å²) in [5.74, 6) is 0.207. The van der Waals surface area contributed by atoms with E-state index < -0.39 is 0 Å². The Morgan fingerprint density at radius 1 is 1.04 bits per heavy atom. The molecule has 0 bridgehead atoms. The molecule has 0 aromatic heterocycles. The largest absolute Gasteiger partial charge is 0.353 e. The highest BCUT2D eigenvalue weighted by atomic mass is 16.2. The number of benzene rings is 1. The molecule has 0 aliphatic carbocycles. The SMILES string of the molecule is CCCCCCC(=O)NC(CC(=O)Nc1ccc(CC)c(C)c1)C(C)C. The number of hydrogen-bond acceptors (Lipinski definition) is 2. The summed E-state index contributed by atoms with van der Waals surface area (Å²) in [4.78, 5) is 24.5. The molecule has 1 atom stereocenters. The maximum atomic E-state index is 12.4. The molecule has 1 aromatic carbocycles. The third-order valence-corrected chi connectivity index (χ3v) is 4.82. The minimum atomic E-state index is -0.135. The summed E-state index contributed by atoms with van der Waals surface area (Å²) >= 11 is 0. The standard InChI is InChI=1S/C22H36N2O2/c1-6-8-9-10-11-21(25)24-20(16(3)4)15-22(26)23-19-13-12-18(7-2)17(5)14-19/h12-14,16,20H,6-11,15H2,1-5H3,(H,23,26)(H,24,25). The number of amides is 2. The van der Waals surface area contributed by atoms with E-state index in [2.05, 4.69) is 37.5 Å². The molecule has 0 spiro atoms. The lowest BCUT2D eigenvalue weighted by molar-refractivity contribution is -0.122. The van der Waals surface area contributed by atoms with Crippen LogP contribution in [0.2, 0.25) is 0 Å². The van der Waals surface area contributed by atoms with E-state index in [0.29, 0.717) is 12.8 Å². The van der Waals surface area contributed by atoms with Crippen LogP contribution in [0.1, 0.15) is 77.3 Å². The second-order valence-corrected chi connectivity index (χ2v) is 7.48. The molecule has 4 heteroatoms. The lowest BCUT2D eigenvalue weighted by Gasteiger charge is -2.22. The fourth-order valence-electron chi connectivity index (χ4n) is 3.03. The second kappa shape index (κ2) is 11.7. The molecule has 0 aliphatic heterocycles. The van der Waals surface area contributed by atoms with Crippen LogP contribution in [0.3, 0.4) is 0 Å². The van der Waals surface area contributed by atoms with Gasteiger partial charge in [0.05, 0.1) is 0 Å². The van der Waals surface area contributed by atoms with Gasteiger partial charge in [0.15, 0.2) is 0 Å². The Hall–Kier alpha value is -1.84. The lowest BCUT2D eigenvalue weighted by atomic mass is 9.99. The van der Waals surface area contributed by atoms with E-state index in [4.69, 9.17) is 0 Å². The summed E-state index contributed by atoms with van der Waals surface area (Å²) < 4.78 is 0. The molecule has 0 fully saturated rings. The summed E-state index contributed by atoms with van der Waals surface area (Å²) in [6.07, 6.45) is 6.16. The Labute approximate surface area is 159 Å². The summed E-state index contributed by atoms with van der Waals surface area (Å²) in [6, 6.07) is 5.88. The third kappa shape index (κ3) is 8.03. The van der Waals surface area contributed by atoms with E-state index in [9.17, 15) is 9.59 Å². The summed E-state index contributed by atoms with van der Waals surface area (Å²) in [7, 11) is 0. The second-order valence-electron chi connectivity index (χ2n) is 7.48. The van der Waals surface area contributed by atoms with E-state index in [-0.39, 0.29) is 23.8 Å². The van der Waals surface area contributed by atoms with Crippen LogP contribution in [0.4, 0.5) is 5.69 Å². The minimum Gasteiger partial charge on any atom is -0.353 e. The van der Waals surface area contributed by atoms with Crippen molar-refractivity contribution in [3.8, 4) is 0 Å². The Kier molecular flexibility index (Phi) is 10.0. The van der Waals surface area contributed by atoms with Crippen LogP contribution >= 0.6 is 0 Å². The highest BCUT2D eigenvalue weighted by Gasteiger charge is 2.19. The summed E-state index contributed by atoms with van der Waals surface area (Å²) in [5, 5.41) is 6.00. The zero-order valence-corrected chi connectivity index (χ0v) is 17.2. The maximum Gasteiger partial charge on any atom is 0.226 e. The van der Waals surface area contributed by atoms with E-state index in [1.807, 2.05) is 26.0 Å². The lowest BCUT2D eigenvalue weighted by Crippen LogP contribution is -2.41. The van der Waals surface area contributed by atoms with E-state index in [1.54, 1.807) is 0 Å². The summed E-state index contributed by atoms with van der Waals surface area (Å²) in [6.45, 7) is 10.4. The molecule has 4 nitrogen and oxygen atoms in total. The van der Waals surface area contributed by atoms with Gasteiger partial charge in [0.2, 0.25) is 11.8 Å². The van der Waals surface area contributed by atoms with Crippen molar-refractivity contribution >= 4 is 17.5 Å². The number of rotatable bonds is 11. The van der Waals surface area contributed by atoms with Crippen LogP contribution in [0, 0.1) is 12.8 Å². The zero-order valence-electron chi connectivity index (χ0n) is 17.2. The van der Waals surface area contributed by atoms with Crippen LogP contribution in [-0.2, 0) is 16.0 Å². The topological polar surface area (TPSA) is 58.2 Å². The van der Waals surface area contributed by atoms with Gasteiger partial charge in [-0.25, -0.2) is 0 Å². The molecule has 2 N–H and O–H groups in total. The minimum absolute atomic E-state index is 0.0516. The predicted octanol–water partition coefficient (Wildman–Crippen LogP) is 5.00. The Bertz CT molecular complexity index is 582. The first kappa shape index (κ1) is 22.2. The van der Waals surface area contributed by atoms with Gasteiger partial charge in [0, 0.05) is 24.6 Å². The first-order valence-electron chi connectivity index (χ1n) is 10.1. The van der Waals surface area contributed by atoms with Crippen molar-refractivity contribution in [2.24, 2.45) is 5.92 Å². The van der Waals surface area contributed by atoms with Crippen molar-refractivity contribution in [1.29, 1.82) is 0 Å². The first-order valence-corrected chi connectivity index (χ1v) is 10.1. The van der Waals surface area contributed by atoms with Gasteiger partial charge in [0.25, 0.3) is 0 Å². The molecule has 0 heterocycles. The van der Waals surface area contributed by atoms with Crippen LogP contribution in [0.5, 0.6) is 0 Å². The fourth-order valence-corrected chi connectivity index (χ4v) is 3.03. The average Bonchev–Trinajstić information content (AvgIpc) is 2.58. The number of carbonyl (C=O) groups is 2. The number of anilines is 1. The molecular weight excluding hydrogens is 324 g/mol. The van der Waals surface area contributed by atoms with E-state index in [1.165, 1.54) is 17.5 Å². The van der Waals surface area contributed by atoms with Crippen LogP contribution in [0.25, 0.3) is 0 Å². The quantitative estimate of drug-likeness (QED) is 0.546. The van der Waals surface area contributed by atoms with Crippen molar-refractivity contribution in [1.82, 2.24) is 5.32 Å². The number of carbonyl (C=O) groups excluding carboxylic acids is 2. The van der Waals surface area contributed by atoms with Gasteiger partial charge >= 0.3 is 0 Å². The van der Waals surface area contributed by atoms with Crippen molar-refractivity contribution < 1.29 is 9.59 Å². The number of aryl methyl sites for hydroxylation is 2. The fraction of sp³-hybridized carbons (Fsp3) is 0.636. The first-order chi connectivity index (χ1) is 12.4. The highest BCUT2D eigenvalue weighted by Crippen LogP contribution is 2.17. The molecule has 0 aliphatic rings. The van der Waals surface area contributed by atoms with Gasteiger partial charge in [-0.05, 0) is 48.9 Å². The smallest absolute Gasteiger partial charge is 0.226 e. The van der Waals surface area contributed by atoms with Crippen molar-refractivity contribution in [3.05, 3.63) is 29.3 Å². The maximum absolute atomic E-state index is 12.4. The average molecular weight is 361 g/mol. The van der Waals surface area contributed by atoms with Gasteiger partial charge in [-0.2, -0.15) is 0 Å². The third-order valence-electron chi connectivity index (χ3n) is 4.82. The van der Waals surface area contributed by atoms with Gasteiger partial charge in [-0.15, -0.1) is 0 Å². The summed E-state index contributed by atoms with van der Waals surface area (Å²) in [5.41, 5.74) is 3.29. The normalized spacial score (nSPS) is 12.1. The van der Waals surface area contributed by atoms with Crippen LogP contribution in [0.15, 0.2) is 18.2 Å². The van der Waals surface area contributed by atoms with Gasteiger partial charge in [-0.3, -0.25) is 9.59 Å². The molecule has 0 saturated carbocycles. The van der Waals surface area contributed by atoms with Gasteiger partial charge in [0.1, 0.15) is 0 Å². The predicted molar refractivity (Wildman–Crippen MR) is 109 cm³/mol. The van der Waals surface area contributed by atoms with Crippen molar-refractivity contribution in [3.63, 3.8) is 0 Å². The molecule has 2 amide bonds. The molecule has 0 radical (unpaired) electrons. The van der Waals surface area contributed by atoms with Crippen LogP contribution in [-0.4, -0.2) is 17.9 Å². The molecule has 1 unspecified atom stereocenters. The monoisotopic (exact) mass is 360 g/mol. The Morgan fingerprint density at radius 3 is 2.35 bits per heavy atom. The molecule has 26 heavy (non-hydrogen) atoms. The van der Waals surface area contributed by atoms with Gasteiger partial charge < -0.3 is 10.6 Å². The number of hydrogen-bond donors (Lipinski definition) is 2. The van der Waals surface area contributed by atoms with E-state index >= 15 is 0 Å². The van der Waals surface area contributed by atoms with Gasteiger partial charge in [-0.1, -0.05) is 53.0 Å². The van der Waals surface area contributed by atoms with Crippen molar-refractivity contribution in [2.75, 3.05) is 5.32 Å². The molecule has 1 aromatic rings. The van der Waals surface area contributed by atoms with Crippen molar-refractivity contribution in [2.45, 2.75) is 85.6 Å². The Morgan fingerprint density at radius 2 is 1.77 bits per heavy atom. The number of unbranched alkanes of at least 4 members (excludes halogenated alkanes) is 3. The Balaban J connectivity index is 2.54. The molecule has 146 valence electrons.